The molecule has 4 rings (SSSR count). The van der Waals surface area contributed by atoms with Crippen molar-refractivity contribution in [1.29, 1.82) is 5.26 Å². The molecule has 28 heavy (non-hydrogen) atoms. The Bertz CT molecular complexity index is 1200. The highest BCUT2D eigenvalue weighted by Crippen LogP contribution is 2.28. The average molecular weight is 390 g/mol. The Balaban J connectivity index is 1.64. The van der Waals surface area contributed by atoms with Crippen LogP contribution in [0.1, 0.15) is 5.69 Å². The van der Waals surface area contributed by atoms with Crippen LogP contribution in [0.25, 0.3) is 10.9 Å². The van der Waals surface area contributed by atoms with Crippen molar-refractivity contribution in [2.45, 2.75) is 0 Å². The second kappa shape index (κ2) is 7.51. The van der Waals surface area contributed by atoms with Gasteiger partial charge in [0.25, 0.3) is 0 Å². The van der Waals surface area contributed by atoms with Gasteiger partial charge in [-0.25, -0.2) is 4.98 Å². The molecule has 0 fully saturated rings. The van der Waals surface area contributed by atoms with Crippen LogP contribution in [0.3, 0.4) is 0 Å². The Kier molecular flexibility index (Phi) is 4.75. The van der Waals surface area contributed by atoms with Crippen LogP contribution in [0, 0.1) is 11.3 Å². The fraction of sp³-hybridized carbons (Fsp3) is 0.0476. The zero-order chi connectivity index (χ0) is 19.5. The summed E-state index contributed by atoms with van der Waals surface area (Å²) in [5.41, 5.74) is 3.64. The number of nitrogens with one attached hydrogen (secondary N) is 3. The molecule has 7 heteroatoms. The summed E-state index contributed by atoms with van der Waals surface area (Å²) in [5, 5.41) is 17.5. The Hall–Kier alpha value is -3.69. The van der Waals surface area contributed by atoms with Crippen molar-refractivity contribution in [3.63, 3.8) is 0 Å². The van der Waals surface area contributed by atoms with E-state index < -0.39 is 0 Å². The average Bonchev–Trinajstić information content (AvgIpc) is 3.15. The summed E-state index contributed by atoms with van der Waals surface area (Å²) in [6.07, 6.45) is 1.89. The maximum absolute atomic E-state index is 9.34. The molecule has 0 spiro atoms. The molecular formula is C21H16ClN5O. The van der Waals surface area contributed by atoms with Gasteiger partial charge in [0.05, 0.1) is 7.11 Å². The minimum absolute atomic E-state index is 0.294. The van der Waals surface area contributed by atoms with Crippen LogP contribution in [-0.4, -0.2) is 17.1 Å². The van der Waals surface area contributed by atoms with Gasteiger partial charge in [-0.2, -0.15) is 5.26 Å². The van der Waals surface area contributed by atoms with Crippen molar-refractivity contribution >= 4 is 45.4 Å². The third kappa shape index (κ3) is 3.85. The largest absolute Gasteiger partial charge is 0.497 e. The molecule has 0 aliphatic heterocycles. The molecule has 4 aromatic rings. The Labute approximate surface area is 166 Å². The van der Waals surface area contributed by atoms with Crippen LogP contribution in [-0.2, 0) is 0 Å². The van der Waals surface area contributed by atoms with Crippen LogP contribution in [0.15, 0.2) is 60.8 Å². The molecule has 2 heterocycles. The predicted octanol–water partition coefficient (Wildman–Crippen LogP) is 5.58. The third-order valence-corrected chi connectivity index (χ3v) is 4.38. The number of aromatic nitrogens is 2. The van der Waals surface area contributed by atoms with E-state index in [1.165, 1.54) is 0 Å². The molecular weight excluding hydrogens is 374 g/mol. The standard InChI is InChI=1S/C21H16ClN5O/c1-28-19-7-14(22)6-16(9-19)25-17-8-18(12-23)27-21(11-17)26-15-3-2-13-4-5-24-20(13)10-15/h2-11,24H,1H3,(H2,25,26,27). The summed E-state index contributed by atoms with van der Waals surface area (Å²) in [4.78, 5) is 7.51. The van der Waals surface area contributed by atoms with E-state index in [-0.39, 0.29) is 0 Å². The first-order valence-corrected chi connectivity index (χ1v) is 8.89. The van der Waals surface area contributed by atoms with E-state index >= 15 is 0 Å². The van der Waals surface area contributed by atoms with Crippen LogP contribution < -0.4 is 15.4 Å². The normalized spacial score (nSPS) is 10.5. The van der Waals surface area contributed by atoms with Crippen molar-refractivity contribution in [3.05, 3.63) is 71.5 Å². The molecule has 0 aliphatic carbocycles. The van der Waals surface area contributed by atoms with Gasteiger partial charge in [-0.15, -0.1) is 0 Å². The number of aromatic amines is 1. The van der Waals surface area contributed by atoms with Crippen molar-refractivity contribution in [3.8, 4) is 11.8 Å². The van der Waals surface area contributed by atoms with E-state index in [4.69, 9.17) is 16.3 Å². The molecule has 138 valence electrons. The first kappa shape index (κ1) is 17.7. The fourth-order valence-electron chi connectivity index (χ4n) is 2.92. The van der Waals surface area contributed by atoms with Crippen molar-refractivity contribution in [2.24, 2.45) is 0 Å². The molecule has 3 N–H and O–H groups in total. The lowest BCUT2D eigenvalue weighted by Gasteiger charge is -2.12. The predicted molar refractivity (Wildman–Crippen MR) is 112 cm³/mol. The Morgan fingerprint density at radius 3 is 2.68 bits per heavy atom. The zero-order valence-electron chi connectivity index (χ0n) is 15.0. The topological polar surface area (TPSA) is 85.8 Å². The van der Waals surface area contributed by atoms with Crippen molar-refractivity contribution < 1.29 is 4.74 Å². The van der Waals surface area contributed by atoms with E-state index in [0.717, 1.165) is 22.3 Å². The maximum atomic E-state index is 9.34. The van der Waals surface area contributed by atoms with Gasteiger partial charge in [0.2, 0.25) is 0 Å². The molecule has 6 nitrogen and oxygen atoms in total. The van der Waals surface area contributed by atoms with Crippen LogP contribution in [0.4, 0.5) is 22.9 Å². The van der Waals surface area contributed by atoms with Gasteiger partial charge in [0, 0.05) is 45.9 Å². The zero-order valence-corrected chi connectivity index (χ0v) is 15.7. The van der Waals surface area contributed by atoms with Crippen molar-refractivity contribution in [2.75, 3.05) is 17.7 Å². The number of nitrogens with zero attached hydrogens (tertiary/aromatic N) is 2. The van der Waals surface area contributed by atoms with E-state index in [1.807, 2.05) is 42.6 Å². The molecule has 0 aliphatic rings. The van der Waals surface area contributed by atoms with E-state index in [1.54, 1.807) is 25.3 Å². The molecule has 0 radical (unpaired) electrons. The lowest BCUT2D eigenvalue weighted by molar-refractivity contribution is 0.415. The number of benzene rings is 2. The molecule has 2 aromatic carbocycles. The summed E-state index contributed by atoms with van der Waals surface area (Å²) in [6.45, 7) is 0. The Morgan fingerprint density at radius 2 is 1.86 bits per heavy atom. The summed E-state index contributed by atoms with van der Waals surface area (Å²) >= 11 is 6.13. The number of ether oxygens (including phenoxy) is 1. The lowest BCUT2D eigenvalue weighted by atomic mass is 10.2. The minimum Gasteiger partial charge on any atom is -0.497 e. The number of H-pyrrole nitrogens is 1. The van der Waals surface area contributed by atoms with E-state index in [0.29, 0.717) is 28.0 Å². The number of rotatable bonds is 5. The quantitative estimate of drug-likeness (QED) is 0.414. The molecule has 0 amide bonds. The summed E-state index contributed by atoms with van der Waals surface area (Å²) < 4.78 is 5.25. The number of hydrogen-bond acceptors (Lipinski definition) is 5. The number of methoxy groups -OCH3 is 1. The number of anilines is 4. The third-order valence-electron chi connectivity index (χ3n) is 4.16. The maximum Gasteiger partial charge on any atom is 0.144 e. The van der Waals surface area contributed by atoms with Gasteiger partial charge in [0.1, 0.15) is 23.3 Å². The molecule has 2 aromatic heterocycles. The SMILES string of the molecule is COc1cc(Cl)cc(Nc2cc(C#N)nc(Nc3ccc4cc[nH]c4c3)c2)c1. The number of hydrogen-bond donors (Lipinski definition) is 3. The Morgan fingerprint density at radius 1 is 1.00 bits per heavy atom. The van der Waals surface area contributed by atoms with Gasteiger partial charge >= 0.3 is 0 Å². The van der Waals surface area contributed by atoms with Crippen LogP contribution in [0.2, 0.25) is 5.02 Å². The fourth-order valence-corrected chi connectivity index (χ4v) is 3.14. The summed E-state index contributed by atoms with van der Waals surface area (Å²) in [5.74, 6) is 1.20. The highest BCUT2D eigenvalue weighted by Gasteiger charge is 2.06. The summed E-state index contributed by atoms with van der Waals surface area (Å²) in [7, 11) is 1.58. The van der Waals surface area contributed by atoms with E-state index in [2.05, 4.69) is 26.7 Å². The first-order valence-electron chi connectivity index (χ1n) is 8.51. The number of nitriles is 1. The molecule has 0 unspecified atom stereocenters. The molecule has 0 atom stereocenters. The molecule has 0 saturated carbocycles. The number of pyridine rings is 1. The number of fused-ring (bicyclic) bond motifs is 1. The lowest BCUT2D eigenvalue weighted by Crippen LogP contribution is -1.99. The van der Waals surface area contributed by atoms with Crippen molar-refractivity contribution in [1.82, 2.24) is 9.97 Å². The first-order chi connectivity index (χ1) is 13.6. The van der Waals surface area contributed by atoms with E-state index in [9.17, 15) is 5.26 Å². The summed E-state index contributed by atoms with van der Waals surface area (Å²) in [6, 6.07) is 18.9. The van der Waals surface area contributed by atoms with Crippen LogP contribution in [0.5, 0.6) is 5.75 Å². The van der Waals surface area contributed by atoms with Gasteiger partial charge in [-0.3, -0.25) is 0 Å². The van der Waals surface area contributed by atoms with Gasteiger partial charge in [-0.1, -0.05) is 17.7 Å². The second-order valence-corrected chi connectivity index (χ2v) is 6.58. The van der Waals surface area contributed by atoms with Gasteiger partial charge in [0.15, 0.2) is 0 Å². The minimum atomic E-state index is 0.294. The van der Waals surface area contributed by atoms with Crippen LogP contribution >= 0.6 is 11.6 Å². The second-order valence-electron chi connectivity index (χ2n) is 6.15. The highest BCUT2D eigenvalue weighted by atomic mass is 35.5. The number of halogens is 1. The smallest absolute Gasteiger partial charge is 0.144 e. The molecule has 0 saturated heterocycles. The van der Waals surface area contributed by atoms with Gasteiger partial charge in [-0.05, 0) is 41.8 Å². The van der Waals surface area contributed by atoms with Gasteiger partial charge < -0.3 is 20.4 Å². The highest BCUT2D eigenvalue weighted by molar-refractivity contribution is 6.31. The monoisotopic (exact) mass is 389 g/mol. The molecule has 0 bridgehead atoms.